The van der Waals surface area contributed by atoms with Crippen LogP contribution in [0.25, 0.3) is 0 Å². The number of nitrogen functional groups attached to an aromatic ring is 1. The topological polar surface area (TPSA) is 72.5 Å². The molecule has 124 valence electrons. The van der Waals surface area contributed by atoms with Gasteiger partial charge in [0, 0.05) is 10.9 Å². The number of aromatic nitrogens is 1. The normalized spacial score (nSPS) is 11.9. The van der Waals surface area contributed by atoms with Crippen molar-refractivity contribution in [1.82, 2.24) is 4.98 Å². The molecule has 0 amide bonds. The van der Waals surface area contributed by atoms with E-state index in [1.807, 2.05) is 0 Å². The van der Waals surface area contributed by atoms with Crippen LogP contribution in [-0.2, 0) is 0 Å². The van der Waals surface area contributed by atoms with Gasteiger partial charge in [0.05, 0.1) is 6.21 Å². The molecule has 0 fully saturated rings. The van der Waals surface area contributed by atoms with Crippen molar-refractivity contribution in [1.29, 1.82) is 0 Å². The van der Waals surface area contributed by atoms with Crippen molar-refractivity contribution in [2.45, 2.75) is 6.18 Å². The van der Waals surface area contributed by atoms with Crippen molar-refractivity contribution in [3.63, 3.8) is 0 Å². The lowest BCUT2D eigenvalue weighted by molar-refractivity contribution is -0.154. The highest BCUT2D eigenvalue weighted by Gasteiger charge is 2.29. The number of nitrogens with two attached hydrogens (primary N) is 1. The molecule has 11 heteroatoms. The van der Waals surface area contributed by atoms with Crippen LogP contribution >= 0.6 is 11.3 Å². The van der Waals surface area contributed by atoms with E-state index in [9.17, 15) is 22.0 Å². The Balaban J connectivity index is 2.06. The first-order valence-corrected chi connectivity index (χ1v) is 6.81. The average molecular weight is 352 g/mol. The molecule has 0 radical (unpaired) electrons. The van der Waals surface area contributed by atoms with E-state index in [4.69, 9.17) is 5.73 Å². The molecule has 0 bridgehead atoms. The summed E-state index contributed by atoms with van der Waals surface area (Å²) in [5, 5.41) is 5.61. The van der Waals surface area contributed by atoms with E-state index >= 15 is 0 Å². The van der Waals surface area contributed by atoms with Gasteiger partial charge in [-0.15, -0.1) is 11.3 Å². The number of anilines is 2. The van der Waals surface area contributed by atoms with Crippen LogP contribution in [0.2, 0.25) is 0 Å². The molecule has 0 saturated carbocycles. The monoisotopic (exact) mass is 352 g/mol. The second-order valence-electron chi connectivity index (χ2n) is 4.17. The standard InChI is InChI=1S/C12H9F5N4OS/c13-7-1-6(3-19-21-11-20-9(18)4-23-11)2-8(14)10(7)22-5-12(15,16)17/h1-4H,5,18H2,(H,20,21). The first kappa shape index (κ1) is 16.9. The van der Waals surface area contributed by atoms with Crippen molar-refractivity contribution in [3.8, 4) is 5.75 Å². The van der Waals surface area contributed by atoms with E-state index in [0.717, 1.165) is 18.3 Å². The summed E-state index contributed by atoms with van der Waals surface area (Å²) in [6.07, 6.45) is -3.63. The molecule has 0 aliphatic rings. The number of nitrogens with one attached hydrogen (secondary N) is 1. The Bertz CT molecular complexity index is 693. The minimum absolute atomic E-state index is 0.0172. The number of hydrogen-bond acceptors (Lipinski definition) is 6. The lowest BCUT2D eigenvalue weighted by atomic mass is 10.2. The van der Waals surface area contributed by atoms with Crippen molar-refractivity contribution in [2.24, 2.45) is 5.10 Å². The first-order valence-electron chi connectivity index (χ1n) is 5.93. The van der Waals surface area contributed by atoms with Gasteiger partial charge >= 0.3 is 6.18 Å². The maximum atomic E-state index is 13.6. The van der Waals surface area contributed by atoms with Gasteiger partial charge in [0.25, 0.3) is 0 Å². The largest absolute Gasteiger partial charge is 0.478 e. The maximum absolute atomic E-state index is 13.6. The minimum Gasteiger partial charge on any atom is -0.478 e. The van der Waals surface area contributed by atoms with E-state index < -0.39 is 30.2 Å². The lowest BCUT2D eigenvalue weighted by Crippen LogP contribution is -2.20. The van der Waals surface area contributed by atoms with Gasteiger partial charge in [-0.2, -0.15) is 18.3 Å². The van der Waals surface area contributed by atoms with Gasteiger partial charge in [-0.3, -0.25) is 5.43 Å². The molecule has 0 aliphatic heterocycles. The predicted molar refractivity (Wildman–Crippen MR) is 75.7 cm³/mol. The minimum atomic E-state index is -4.70. The van der Waals surface area contributed by atoms with Crippen LogP contribution < -0.4 is 15.9 Å². The summed E-state index contributed by atoms with van der Waals surface area (Å²) in [7, 11) is 0. The molecule has 1 heterocycles. The van der Waals surface area contributed by atoms with Crippen molar-refractivity contribution in [2.75, 3.05) is 17.8 Å². The number of ether oxygens (including phenoxy) is 1. The van der Waals surface area contributed by atoms with Crippen LogP contribution in [0.3, 0.4) is 0 Å². The third-order valence-corrected chi connectivity index (χ3v) is 3.06. The van der Waals surface area contributed by atoms with Gasteiger partial charge in [0.1, 0.15) is 5.82 Å². The zero-order valence-corrected chi connectivity index (χ0v) is 12.0. The number of alkyl halides is 3. The van der Waals surface area contributed by atoms with Gasteiger partial charge in [0.15, 0.2) is 24.0 Å². The van der Waals surface area contributed by atoms with Crippen LogP contribution in [-0.4, -0.2) is 24.0 Å². The Morgan fingerprint density at radius 3 is 2.48 bits per heavy atom. The summed E-state index contributed by atoms with van der Waals surface area (Å²) in [5.41, 5.74) is 7.86. The molecular weight excluding hydrogens is 343 g/mol. The van der Waals surface area contributed by atoms with Crippen molar-refractivity contribution < 1.29 is 26.7 Å². The van der Waals surface area contributed by atoms with Crippen LogP contribution in [0, 0.1) is 11.6 Å². The Morgan fingerprint density at radius 2 is 1.96 bits per heavy atom. The second-order valence-corrected chi connectivity index (χ2v) is 5.02. The van der Waals surface area contributed by atoms with E-state index in [0.29, 0.717) is 5.13 Å². The first-order chi connectivity index (χ1) is 10.7. The third kappa shape index (κ3) is 5.06. The predicted octanol–water partition coefficient (Wildman–Crippen LogP) is 3.39. The molecule has 0 atom stereocenters. The van der Waals surface area contributed by atoms with Crippen LogP contribution in [0.1, 0.15) is 5.56 Å². The van der Waals surface area contributed by atoms with E-state index in [2.05, 4.69) is 20.2 Å². The quantitative estimate of drug-likeness (QED) is 0.492. The molecular formula is C12H9F5N4OS. The molecule has 1 aromatic carbocycles. The SMILES string of the molecule is Nc1csc(NN=Cc2cc(F)c(OCC(F)(F)F)c(F)c2)n1. The molecule has 0 spiro atoms. The van der Waals surface area contributed by atoms with Crippen molar-refractivity contribution in [3.05, 3.63) is 34.7 Å². The number of nitrogens with zero attached hydrogens (tertiary/aromatic N) is 2. The fraction of sp³-hybridized carbons (Fsp3) is 0.167. The van der Waals surface area contributed by atoms with Gasteiger partial charge in [-0.25, -0.2) is 13.8 Å². The van der Waals surface area contributed by atoms with Gasteiger partial charge in [0.2, 0.25) is 5.13 Å². The Kier molecular flexibility index (Phi) is 4.98. The highest BCUT2D eigenvalue weighted by atomic mass is 32.1. The molecule has 0 unspecified atom stereocenters. The van der Waals surface area contributed by atoms with E-state index in [1.54, 1.807) is 5.38 Å². The summed E-state index contributed by atoms with van der Waals surface area (Å²) in [4.78, 5) is 3.84. The van der Waals surface area contributed by atoms with E-state index in [-0.39, 0.29) is 11.4 Å². The van der Waals surface area contributed by atoms with Gasteiger partial charge < -0.3 is 10.5 Å². The fourth-order valence-corrected chi connectivity index (χ4v) is 1.99. The van der Waals surface area contributed by atoms with E-state index in [1.165, 1.54) is 11.3 Å². The number of benzene rings is 1. The van der Waals surface area contributed by atoms with Crippen LogP contribution in [0.15, 0.2) is 22.6 Å². The molecule has 5 nitrogen and oxygen atoms in total. The molecule has 3 N–H and O–H groups in total. The molecule has 0 aliphatic carbocycles. The number of thiazole rings is 1. The Hall–Kier alpha value is -2.43. The number of rotatable bonds is 5. The summed E-state index contributed by atoms with van der Waals surface area (Å²) in [6, 6.07) is 1.58. The molecule has 2 aromatic rings. The summed E-state index contributed by atoms with van der Waals surface area (Å²) in [5.74, 6) is -3.35. The third-order valence-electron chi connectivity index (χ3n) is 2.30. The second kappa shape index (κ2) is 6.77. The van der Waals surface area contributed by atoms with Crippen molar-refractivity contribution >= 4 is 28.5 Å². The average Bonchev–Trinajstić information content (AvgIpc) is 2.82. The summed E-state index contributed by atoms with van der Waals surface area (Å²) in [6.45, 7) is -1.79. The smallest absolute Gasteiger partial charge is 0.422 e. The Labute approximate surface area is 130 Å². The fourth-order valence-electron chi connectivity index (χ4n) is 1.45. The highest BCUT2D eigenvalue weighted by molar-refractivity contribution is 7.14. The number of halogens is 5. The summed E-state index contributed by atoms with van der Waals surface area (Å²) < 4.78 is 67.3. The highest BCUT2D eigenvalue weighted by Crippen LogP contribution is 2.25. The van der Waals surface area contributed by atoms with Crippen LogP contribution in [0.5, 0.6) is 5.75 Å². The molecule has 2 rings (SSSR count). The zero-order chi connectivity index (χ0) is 17.0. The molecule has 23 heavy (non-hydrogen) atoms. The number of hydrogen-bond donors (Lipinski definition) is 2. The lowest BCUT2D eigenvalue weighted by Gasteiger charge is -2.11. The number of hydrazone groups is 1. The van der Waals surface area contributed by atoms with Gasteiger partial charge in [-0.05, 0) is 12.1 Å². The van der Waals surface area contributed by atoms with Gasteiger partial charge in [-0.1, -0.05) is 0 Å². The molecule has 0 saturated heterocycles. The maximum Gasteiger partial charge on any atom is 0.422 e. The zero-order valence-electron chi connectivity index (χ0n) is 11.2. The summed E-state index contributed by atoms with van der Waals surface area (Å²) >= 11 is 1.17. The van der Waals surface area contributed by atoms with Crippen LogP contribution in [0.4, 0.5) is 32.9 Å². The molecule has 1 aromatic heterocycles. The Morgan fingerprint density at radius 1 is 1.30 bits per heavy atom.